The highest BCUT2D eigenvalue weighted by Gasteiger charge is 2.28. The van der Waals surface area contributed by atoms with Gasteiger partial charge < -0.3 is 10.2 Å². The summed E-state index contributed by atoms with van der Waals surface area (Å²) in [5.41, 5.74) is 1.33. The Hall–Kier alpha value is -0.750. The summed E-state index contributed by atoms with van der Waals surface area (Å²) in [7, 11) is 1.87. The number of guanidine groups is 1. The van der Waals surface area contributed by atoms with Crippen molar-refractivity contribution in [2.24, 2.45) is 4.99 Å². The fourth-order valence-electron chi connectivity index (χ4n) is 2.58. The van der Waals surface area contributed by atoms with Crippen LogP contribution < -0.4 is 5.32 Å². The zero-order valence-electron chi connectivity index (χ0n) is 15.3. The number of hydrogen-bond donors (Lipinski definition) is 1. The number of aliphatic imine (C=N–C) groups is 1. The van der Waals surface area contributed by atoms with Gasteiger partial charge in [-0.2, -0.15) is 11.8 Å². The van der Waals surface area contributed by atoms with Crippen LogP contribution in [0.3, 0.4) is 0 Å². The van der Waals surface area contributed by atoms with E-state index < -0.39 is 0 Å². The standard InChI is InChI=1S/C17H30N4S2/c1-16(2,3)13-11-22-14(20-13)7-8-19-15(18-6)21-9-10-23-17(4,5)12-21/h11H,7-10,12H2,1-6H3,(H,18,19). The average Bonchev–Trinajstić information content (AvgIpc) is 2.91. The molecule has 4 nitrogen and oxygen atoms in total. The van der Waals surface area contributed by atoms with E-state index in [1.54, 1.807) is 11.3 Å². The summed E-state index contributed by atoms with van der Waals surface area (Å²) >= 11 is 3.81. The molecular formula is C17H30N4S2. The topological polar surface area (TPSA) is 40.5 Å². The highest BCUT2D eigenvalue weighted by molar-refractivity contribution is 8.00. The zero-order valence-corrected chi connectivity index (χ0v) is 16.9. The van der Waals surface area contributed by atoms with E-state index in [9.17, 15) is 0 Å². The molecule has 0 aromatic carbocycles. The molecule has 0 amide bonds. The van der Waals surface area contributed by atoms with Gasteiger partial charge in [0.2, 0.25) is 0 Å². The number of aromatic nitrogens is 1. The molecule has 1 aliphatic heterocycles. The van der Waals surface area contributed by atoms with Crippen LogP contribution in [0.5, 0.6) is 0 Å². The summed E-state index contributed by atoms with van der Waals surface area (Å²) in [4.78, 5) is 11.6. The van der Waals surface area contributed by atoms with Crippen molar-refractivity contribution in [2.45, 2.75) is 51.2 Å². The van der Waals surface area contributed by atoms with Crippen molar-refractivity contribution in [1.29, 1.82) is 0 Å². The molecule has 23 heavy (non-hydrogen) atoms. The molecule has 0 aliphatic carbocycles. The van der Waals surface area contributed by atoms with Crippen molar-refractivity contribution < 1.29 is 0 Å². The molecule has 1 aromatic rings. The Bertz CT molecular complexity index is 543. The van der Waals surface area contributed by atoms with E-state index in [4.69, 9.17) is 4.98 Å². The minimum atomic E-state index is 0.134. The van der Waals surface area contributed by atoms with Crippen molar-refractivity contribution in [3.63, 3.8) is 0 Å². The lowest BCUT2D eigenvalue weighted by molar-refractivity contribution is 0.376. The molecule has 1 aromatic heterocycles. The maximum Gasteiger partial charge on any atom is 0.193 e. The van der Waals surface area contributed by atoms with Gasteiger partial charge in [0.05, 0.1) is 10.7 Å². The lowest BCUT2D eigenvalue weighted by Gasteiger charge is -2.39. The van der Waals surface area contributed by atoms with E-state index >= 15 is 0 Å². The average molecular weight is 355 g/mol. The Morgan fingerprint density at radius 1 is 1.43 bits per heavy atom. The van der Waals surface area contributed by atoms with E-state index in [1.807, 2.05) is 18.8 Å². The maximum absolute atomic E-state index is 4.76. The number of nitrogens with zero attached hydrogens (tertiary/aromatic N) is 3. The van der Waals surface area contributed by atoms with Gasteiger partial charge in [0.1, 0.15) is 0 Å². The fraction of sp³-hybridized carbons (Fsp3) is 0.765. The first-order chi connectivity index (χ1) is 10.7. The van der Waals surface area contributed by atoms with Crippen LogP contribution in [0.4, 0.5) is 0 Å². The number of rotatable bonds is 3. The van der Waals surface area contributed by atoms with E-state index in [2.05, 4.69) is 55.2 Å². The molecule has 130 valence electrons. The third-order valence-electron chi connectivity index (χ3n) is 3.88. The van der Waals surface area contributed by atoms with E-state index in [-0.39, 0.29) is 5.41 Å². The van der Waals surface area contributed by atoms with Crippen LogP contribution in [0.2, 0.25) is 0 Å². The summed E-state index contributed by atoms with van der Waals surface area (Å²) in [5, 5.41) is 6.90. The van der Waals surface area contributed by atoms with Crippen LogP contribution in [-0.2, 0) is 11.8 Å². The monoisotopic (exact) mass is 354 g/mol. The van der Waals surface area contributed by atoms with E-state index in [0.717, 1.165) is 37.8 Å². The molecule has 2 rings (SSSR count). The number of thioether (sulfide) groups is 1. The van der Waals surface area contributed by atoms with Crippen molar-refractivity contribution in [3.8, 4) is 0 Å². The first-order valence-corrected chi connectivity index (χ1v) is 10.1. The highest BCUT2D eigenvalue weighted by atomic mass is 32.2. The van der Waals surface area contributed by atoms with Crippen molar-refractivity contribution in [1.82, 2.24) is 15.2 Å². The predicted octanol–water partition coefficient (Wildman–Crippen LogP) is 3.39. The summed E-state index contributed by atoms with van der Waals surface area (Å²) in [6.07, 6.45) is 0.950. The molecule has 1 N–H and O–H groups in total. The molecule has 0 spiro atoms. The second kappa shape index (κ2) is 7.43. The smallest absolute Gasteiger partial charge is 0.193 e. The third-order valence-corrected chi connectivity index (χ3v) is 6.08. The van der Waals surface area contributed by atoms with Crippen LogP contribution in [0.25, 0.3) is 0 Å². The molecule has 0 radical (unpaired) electrons. The molecule has 6 heteroatoms. The molecule has 1 fully saturated rings. The first-order valence-electron chi connectivity index (χ1n) is 8.26. The summed E-state index contributed by atoms with van der Waals surface area (Å²) < 4.78 is 0.298. The Labute approximate surface area is 149 Å². The van der Waals surface area contributed by atoms with E-state index in [0.29, 0.717) is 4.75 Å². The summed E-state index contributed by atoms with van der Waals surface area (Å²) in [5.74, 6) is 2.18. The lowest BCUT2D eigenvalue weighted by Crippen LogP contribution is -2.51. The number of thiazole rings is 1. The Kier molecular flexibility index (Phi) is 6.00. The molecular weight excluding hydrogens is 324 g/mol. The second-order valence-electron chi connectivity index (χ2n) is 7.63. The van der Waals surface area contributed by atoms with Crippen LogP contribution in [0.15, 0.2) is 10.4 Å². The van der Waals surface area contributed by atoms with Gasteiger partial charge in [-0.25, -0.2) is 4.98 Å². The van der Waals surface area contributed by atoms with Gasteiger partial charge >= 0.3 is 0 Å². The first kappa shape index (κ1) is 18.6. The van der Waals surface area contributed by atoms with Gasteiger partial charge in [-0.05, 0) is 13.8 Å². The third kappa shape index (κ3) is 5.38. The summed E-state index contributed by atoms with van der Waals surface area (Å²) in [6, 6.07) is 0. The van der Waals surface area contributed by atoms with Gasteiger partial charge in [0, 0.05) is 54.4 Å². The van der Waals surface area contributed by atoms with Gasteiger partial charge in [-0.1, -0.05) is 20.8 Å². The molecule has 0 atom stereocenters. The fourth-order valence-corrected chi connectivity index (χ4v) is 4.72. The van der Waals surface area contributed by atoms with Gasteiger partial charge in [0.15, 0.2) is 5.96 Å². The largest absolute Gasteiger partial charge is 0.356 e. The van der Waals surface area contributed by atoms with Crippen LogP contribution in [0, 0.1) is 0 Å². The van der Waals surface area contributed by atoms with Crippen LogP contribution in [-0.4, -0.2) is 53.0 Å². The van der Waals surface area contributed by atoms with Crippen molar-refractivity contribution in [2.75, 3.05) is 32.4 Å². The second-order valence-corrected chi connectivity index (χ2v) is 10.4. The maximum atomic E-state index is 4.76. The quantitative estimate of drug-likeness (QED) is 0.667. The zero-order chi connectivity index (χ0) is 17.1. The van der Waals surface area contributed by atoms with Gasteiger partial charge in [-0.15, -0.1) is 11.3 Å². The highest BCUT2D eigenvalue weighted by Crippen LogP contribution is 2.29. The predicted molar refractivity (Wildman–Crippen MR) is 104 cm³/mol. The minimum Gasteiger partial charge on any atom is -0.356 e. The van der Waals surface area contributed by atoms with Crippen LogP contribution >= 0.6 is 23.1 Å². The Morgan fingerprint density at radius 2 is 2.17 bits per heavy atom. The van der Waals surface area contributed by atoms with Gasteiger partial charge in [-0.3, -0.25) is 4.99 Å². The lowest BCUT2D eigenvalue weighted by atomic mass is 9.93. The SMILES string of the molecule is CN=C(NCCc1nc(C(C)(C)C)cs1)N1CCSC(C)(C)C1. The molecule has 1 aliphatic rings. The molecule has 1 saturated heterocycles. The van der Waals surface area contributed by atoms with Crippen molar-refractivity contribution >= 4 is 29.1 Å². The summed E-state index contributed by atoms with van der Waals surface area (Å²) in [6.45, 7) is 14.2. The number of hydrogen-bond acceptors (Lipinski definition) is 4. The van der Waals surface area contributed by atoms with E-state index in [1.165, 1.54) is 10.7 Å². The normalized spacial score (nSPS) is 19.0. The minimum absolute atomic E-state index is 0.134. The molecule has 2 heterocycles. The molecule has 0 bridgehead atoms. The Morgan fingerprint density at radius 3 is 2.74 bits per heavy atom. The number of nitrogens with one attached hydrogen (secondary N) is 1. The molecule has 0 unspecified atom stereocenters. The van der Waals surface area contributed by atoms with Gasteiger partial charge in [0.25, 0.3) is 0 Å². The Balaban J connectivity index is 1.86. The van der Waals surface area contributed by atoms with Crippen molar-refractivity contribution in [3.05, 3.63) is 16.1 Å². The van der Waals surface area contributed by atoms with Crippen LogP contribution in [0.1, 0.15) is 45.3 Å². The molecule has 0 saturated carbocycles.